The zero-order chi connectivity index (χ0) is 22.2. The Labute approximate surface area is 181 Å². The highest BCUT2D eigenvalue weighted by atomic mass is 79.9. The minimum Gasteiger partial charge on any atom is -0.481 e. The highest BCUT2D eigenvalue weighted by molar-refractivity contribution is 9.09. The van der Waals surface area contributed by atoms with Gasteiger partial charge in [0, 0.05) is 41.4 Å². The van der Waals surface area contributed by atoms with Crippen LogP contribution in [-0.2, 0) is 15.8 Å². The lowest BCUT2D eigenvalue weighted by Gasteiger charge is -2.27. The van der Waals surface area contributed by atoms with E-state index in [9.17, 15) is 27.6 Å². The molecule has 0 saturated heterocycles. The van der Waals surface area contributed by atoms with Gasteiger partial charge in [-0.05, 0) is 24.6 Å². The number of aliphatic carboxylic acids is 2. The number of alkyl halides is 5. The molecule has 0 aliphatic rings. The summed E-state index contributed by atoms with van der Waals surface area (Å²) < 4.78 is 40.8. The third-order valence-corrected chi connectivity index (χ3v) is 4.57. The van der Waals surface area contributed by atoms with Crippen LogP contribution in [0.4, 0.5) is 18.9 Å². The van der Waals surface area contributed by atoms with Gasteiger partial charge in [-0.1, -0.05) is 31.9 Å². The van der Waals surface area contributed by atoms with E-state index < -0.39 is 48.5 Å². The predicted octanol–water partition coefficient (Wildman–Crippen LogP) is 3.35. The van der Waals surface area contributed by atoms with Crippen molar-refractivity contribution in [2.75, 3.05) is 28.6 Å². The van der Waals surface area contributed by atoms with Crippen molar-refractivity contribution in [2.45, 2.75) is 25.1 Å². The average molecular weight is 548 g/mol. The molecule has 0 heterocycles. The van der Waals surface area contributed by atoms with Gasteiger partial charge in [0.05, 0.1) is 5.56 Å². The number of amides is 1. The van der Waals surface area contributed by atoms with Gasteiger partial charge >= 0.3 is 18.1 Å². The van der Waals surface area contributed by atoms with Crippen LogP contribution in [0.5, 0.6) is 0 Å². The largest absolute Gasteiger partial charge is 0.481 e. The predicted molar refractivity (Wildman–Crippen MR) is 107 cm³/mol. The maximum Gasteiger partial charge on any atom is 0.418 e. The summed E-state index contributed by atoms with van der Waals surface area (Å²) in [6.07, 6.45) is -5.65. The van der Waals surface area contributed by atoms with Crippen LogP contribution >= 0.6 is 31.9 Å². The molecule has 1 atom stereocenters. The maximum atomic E-state index is 13.6. The zero-order valence-electron chi connectivity index (χ0n) is 15.0. The molecule has 1 aromatic carbocycles. The number of nitrogens with zero attached hydrogens (tertiary/aromatic N) is 1. The molecule has 3 N–H and O–H groups in total. The Morgan fingerprint density at radius 2 is 1.69 bits per heavy atom. The summed E-state index contributed by atoms with van der Waals surface area (Å²) in [6.45, 7) is 0.604. The lowest BCUT2D eigenvalue weighted by molar-refractivity contribution is -0.141. The SMILES string of the molecule is O=C(O)CCC(NC(=O)c1ccc(N(CCBr)CCBr)c(C(F)(F)F)c1)C(=O)O. The number of nitrogens with one attached hydrogen (secondary N) is 1. The van der Waals surface area contributed by atoms with Gasteiger partial charge in [-0.15, -0.1) is 0 Å². The molecule has 0 aromatic heterocycles. The van der Waals surface area contributed by atoms with Gasteiger partial charge in [0.1, 0.15) is 6.04 Å². The fourth-order valence-electron chi connectivity index (χ4n) is 2.50. The summed E-state index contributed by atoms with van der Waals surface area (Å²) >= 11 is 6.39. The van der Waals surface area contributed by atoms with Gasteiger partial charge in [0.15, 0.2) is 0 Å². The molecule has 0 spiro atoms. The molecule has 0 fully saturated rings. The van der Waals surface area contributed by atoms with Gasteiger partial charge in [-0.3, -0.25) is 9.59 Å². The van der Waals surface area contributed by atoms with Crippen LogP contribution in [0, 0.1) is 0 Å². The summed E-state index contributed by atoms with van der Waals surface area (Å²) in [4.78, 5) is 35.6. The van der Waals surface area contributed by atoms with E-state index in [2.05, 4.69) is 37.2 Å². The Bertz CT molecular complexity index is 740. The molecular formula is C17H19Br2F3N2O5. The second-order valence-corrected chi connectivity index (χ2v) is 7.48. The molecule has 1 aromatic rings. The smallest absolute Gasteiger partial charge is 0.418 e. The van der Waals surface area contributed by atoms with Gasteiger partial charge in [-0.25, -0.2) is 4.79 Å². The minimum atomic E-state index is -4.74. The zero-order valence-corrected chi connectivity index (χ0v) is 18.2. The van der Waals surface area contributed by atoms with E-state index in [-0.39, 0.29) is 11.3 Å². The van der Waals surface area contributed by atoms with E-state index in [0.29, 0.717) is 29.8 Å². The molecule has 7 nitrogen and oxygen atoms in total. The third-order valence-electron chi connectivity index (χ3n) is 3.86. The second kappa shape index (κ2) is 11.4. The van der Waals surface area contributed by atoms with E-state index in [1.54, 1.807) is 0 Å². The molecule has 0 aliphatic heterocycles. The lowest BCUT2D eigenvalue weighted by atomic mass is 10.0. The maximum absolute atomic E-state index is 13.6. The van der Waals surface area contributed by atoms with Gasteiger partial charge < -0.3 is 20.4 Å². The fraction of sp³-hybridized carbons (Fsp3) is 0.471. The minimum absolute atomic E-state index is 0.103. The van der Waals surface area contributed by atoms with Crippen molar-refractivity contribution in [1.82, 2.24) is 5.32 Å². The van der Waals surface area contributed by atoms with E-state index in [0.717, 1.165) is 6.07 Å². The number of carboxylic acid groups (broad SMARTS) is 2. The second-order valence-electron chi connectivity index (χ2n) is 5.89. The third kappa shape index (κ3) is 7.84. The fourth-order valence-corrected chi connectivity index (χ4v) is 3.36. The quantitative estimate of drug-likeness (QED) is 0.367. The number of hydrogen-bond donors (Lipinski definition) is 3. The first-order valence-corrected chi connectivity index (χ1v) is 10.6. The molecule has 0 bridgehead atoms. The van der Waals surface area contributed by atoms with Crippen LogP contribution in [0.3, 0.4) is 0 Å². The highest BCUT2D eigenvalue weighted by Crippen LogP contribution is 2.37. The van der Waals surface area contributed by atoms with Gasteiger partial charge in [0.25, 0.3) is 5.91 Å². The Hall–Kier alpha value is -1.82. The van der Waals surface area contributed by atoms with E-state index in [4.69, 9.17) is 10.2 Å². The van der Waals surface area contributed by atoms with Crippen LogP contribution in [-0.4, -0.2) is 57.9 Å². The summed E-state index contributed by atoms with van der Waals surface area (Å²) in [6, 6.07) is 1.46. The van der Waals surface area contributed by atoms with Crippen LogP contribution in [0.1, 0.15) is 28.8 Å². The number of rotatable bonds is 11. The Balaban J connectivity index is 3.20. The standard InChI is InChI=1S/C17H19Br2F3N2O5/c18-5-7-24(8-6-19)13-3-1-10(9-11(13)17(20,21)22)15(27)23-12(16(28)29)2-4-14(25)26/h1,3,9,12H,2,4-8H2,(H,23,27)(H,25,26)(H,28,29). The molecule has 0 saturated carbocycles. The average Bonchev–Trinajstić information content (AvgIpc) is 2.63. The first-order chi connectivity index (χ1) is 13.5. The van der Waals surface area contributed by atoms with E-state index >= 15 is 0 Å². The molecule has 1 rings (SSSR count). The van der Waals surface area contributed by atoms with Crippen LogP contribution < -0.4 is 10.2 Å². The lowest BCUT2D eigenvalue weighted by Crippen LogP contribution is -2.41. The van der Waals surface area contributed by atoms with Crippen molar-refractivity contribution >= 4 is 55.4 Å². The first-order valence-electron chi connectivity index (χ1n) is 8.34. The van der Waals surface area contributed by atoms with E-state index in [1.807, 2.05) is 0 Å². The van der Waals surface area contributed by atoms with Crippen molar-refractivity contribution in [3.05, 3.63) is 29.3 Å². The number of hydrogen-bond acceptors (Lipinski definition) is 4. The van der Waals surface area contributed by atoms with Crippen molar-refractivity contribution < 1.29 is 37.8 Å². The Morgan fingerprint density at radius 3 is 2.14 bits per heavy atom. The number of carbonyl (C=O) groups excluding carboxylic acids is 1. The van der Waals surface area contributed by atoms with Crippen molar-refractivity contribution in [3.63, 3.8) is 0 Å². The molecule has 29 heavy (non-hydrogen) atoms. The number of benzene rings is 1. The van der Waals surface area contributed by atoms with Crippen molar-refractivity contribution in [2.24, 2.45) is 0 Å². The molecular weight excluding hydrogens is 529 g/mol. The molecule has 0 radical (unpaired) electrons. The normalized spacial score (nSPS) is 12.3. The summed E-state index contributed by atoms with van der Waals surface area (Å²) in [5.41, 5.74) is -1.50. The van der Waals surface area contributed by atoms with Crippen LogP contribution in [0.25, 0.3) is 0 Å². The Kier molecular flexibility index (Phi) is 9.90. The van der Waals surface area contributed by atoms with Crippen molar-refractivity contribution in [3.8, 4) is 0 Å². The number of halogens is 5. The van der Waals surface area contributed by atoms with Crippen LogP contribution in [0.2, 0.25) is 0 Å². The number of carbonyl (C=O) groups is 3. The van der Waals surface area contributed by atoms with Gasteiger partial charge in [-0.2, -0.15) is 13.2 Å². The Morgan fingerprint density at radius 1 is 1.10 bits per heavy atom. The topological polar surface area (TPSA) is 107 Å². The monoisotopic (exact) mass is 546 g/mol. The van der Waals surface area contributed by atoms with Gasteiger partial charge in [0.2, 0.25) is 0 Å². The molecule has 0 aliphatic carbocycles. The molecule has 1 amide bonds. The van der Waals surface area contributed by atoms with Crippen molar-refractivity contribution in [1.29, 1.82) is 0 Å². The number of anilines is 1. The summed E-state index contributed by atoms with van der Waals surface area (Å²) in [5.74, 6) is -3.77. The van der Waals surface area contributed by atoms with Crippen LogP contribution in [0.15, 0.2) is 18.2 Å². The molecule has 1 unspecified atom stereocenters. The molecule has 162 valence electrons. The highest BCUT2D eigenvalue weighted by Gasteiger charge is 2.36. The number of carboxylic acids is 2. The molecule has 12 heteroatoms. The summed E-state index contributed by atoms with van der Waals surface area (Å²) in [7, 11) is 0. The van der Waals surface area contributed by atoms with E-state index in [1.165, 1.54) is 11.0 Å². The summed E-state index contributed by atoms with van der Waals surface area (Å²) in [5, 5.41) is 20.7. The first kappa shape index (κ1) is 25.2.